The molecule has 1 fully saturated rings. The Bertz CT molecular complexity index is 1140. The summed E-state index contributed by atoms with van der Waals surface area (Å²) in [5, 5.41) is 28.8. The second-order valence-corrected chi connectivity index (χ2v) is 7.86. The molecule has 1 atom stereocenters. The van der Waals surface area contributed by atoms with Crippen molar-refractivity contribution in [3.63, 3.8) is 0 Å². The number of aliphatic carboxylic acids is 1. The van der Waals surface area contributed by atoms with Crippen molar-refractivity contribution in [1.29, 1.82) is 0 Å². The maximum absolute atomic E-state index is 12.4. The fraction of sp³-hybridized carbons (Fsp3) is 0.235. The summed E-state index contributed by atoms with van der Waals surface area (Å²) in [6, 6.07) is 1.29. The fourth-order valence-electron chi connectivity index (χ4n) is 2.66. The standard InChI is InChI=1S/C17H14BrN3O7S/c1-6-3-8(22)11-14(27-2)7(13(25)12(18)15(11)28-6)5-19-21-17-20-16(26)9(29-17)4-10(23)24/h3,5,9,25H,4H2,1-2H3,(H,23,24)(H,20,21,26)/b19-5+. The molecule has 152 valence electrons. The van der Waals surface area contributed by atoms with E-state index in [-0.39, 0.29) is 49.5 Å². The molecule has 1 unspecified atom stereocenters. The van der Waals surface area contributed by atoms with Gasteiger partial charge in [-0.1, -0.05) is 11.8 Å². The Morgan fingerprint density at radius 1 is 1.48 bits per heavy atom. The Hall–Kier alpha value is -2.86. The molecule has 1 aliphatic heterocycles. The second-order valence-electron chi connectivity index (χ2n) is 5.88. The van der Waals surface area contributed by atoms with Gasteiger partial charge in [0.2, 0.25) is 5.91 Å². The molecule has 2 heterocycles. The minimum Gasteiger partial charge on any atom is -0.506 e. The summed E-state index contributed by atoms with van der Waals surface area (Å²) in [6.07, 6.45) is 0.808. The number of thioether (sulfide) groups is 1. The molecule has 29 heavy (non-hydrogen) atoms. The smallest absolute Gasteiger partial charge is 0.305 e. The highest BCUT2D eigenvalue weighted by Gasteiger charge is 2.32. The number of nitrogens with one attached hydrogen (secondary N) is 1. The summed E-state index contributed by atoms with van der Waals surface area (Å²) in [7, 11) is 1.33. The predicted molar refractivity (Wildman–Crippen MR) is 110 cm³/mol. The maximum Gasteiger partial charge on any atom is 0.305 e. The van der Waals surface area contributed by atoms with Crippen LogP contribution in [-0.4, -0.2) is 45.8 Å². The number of carbonyl (C=O) groups excluding carboxylic acids is 1. The number of carboxylic acids is 1. The molecule has 0 aliphatic carbocycles. The fourth-order valence-corrected chi connectivity index (χ4v) is 4.07. The molecular weight excluding hydrogens is 470 g/mol. The maximum atomic E-state index is 12.4. The van der Waals surface area contributed by atoms with Crippen LogP contribution >= 0.6 is 27.7 Å². The average Bonchev–Trinajstić information content (AvgIpc) is 2.98. The van der Waals surface area contributed by atoms with Crippen molar-refractivity contribution in [3.8, 4) is 11.5 Å². The van der Waals surface area contributed by atoms with Crippen LogP contribution in [0, 0.1) is 6.92 Å². The van der Waals surface area contributed by atoms with Crippen LogP contribution in [0.3, 0.4) is 0 Å². The number of rotatable bonds is 5. The van der Waals surface area contributed by atoms with E-state index in [9.17, 15) is 19.5 Å². The van der Waals surface area contributed by atoms with Crippen molar-refractivity contribution < 1.29 is 29.0 Å². The molecule has 2 aromatic rings. The van der Waals surface area contributed by atoms with Gasteiger partial charge in [-0.15, -0.1) is 5.10 Å². The van der Waals surface area contributed by atoms with E-state index in [1.165, 1.54) is 13.2 Å². The number of phenols is 1. The van der Waals surface area contributed by atoms with Crippen molar-refractivity contribution in [1.82, 2.24) is 5.32 Å². The largest absolute Gasteiger partial charge is 0.506 e. The van der Waals surface area contributed by atoms with E-state index in [0.29, 0.717) is 5.76 Å². The summed E-state index contributed by atoms with van der Waals surface area (Å²) in [4.78, 5) is 34.9. The van der Waals surface area contributed by atoms with Gasteiger partial charge < -0.3 is 24.7 Å². The first-order valence-electron chi connectivity index (χ1n) is 8.06. The monoisotopic (exact) mass is 483 g/mol. The van der Waals surface area contributed by atoms with Crippen LogP contribution in [0.5, 0.6) is 11.5 Å². The molecule has 12 heteroatoms. The summed E-state index contributed by atoms with van der Waals surface area (Å²) in [5.74, 6) is -1.45. The molecular formula is C17H14BrN3O7S. The lowest BCUT2D eigenvalue weighted by Crippen LogP contribution is -2.26. The van der Waals surface area contributed by atoms with Crippen molar-refractivity contribution in [2.75, 3.05) is 7.11 Å². The Balaban J connectivity index is 2.01. The first-order valence-corrected chi connectivity index (χ1v) is 9.73. The van der Waals surface area contributed by atoms with Gasteiger partial charge in [0.25, 0.3) is 0 Å². The summed E-state index contributed by atoms with van der Waals surface area (Å²) in [5.41, 5.74) is -0.163. The van der Waals surface area contributed by atoms with Gasteiger partial charge in [-0.3, -0.25) is 14.4 Å². The highest BCUT2D eigenvalue weighted by molar-refractivity contribution is 9.10. The van der Waals surface area contributed by atoms with Crippen LogP contribution in [-0.2, 0) is 9.59 Å². The number of halogens is 1. The number of benzene rings is 1. The second kappa shape index (κ2) is 8.25. The number of phenolic OH excluding ortho intramolecular Hbond substituents is 1. The van der Waals surface area contributed by atoms with Gasteiger partial charge in [-0.05, 0) is 22.9 Å². The van der Waals surface area contributed by atoms with Gasteiger partial charge in [-0.25, -0.2) is 0 Å². The molecule has 3 N–H and O–H groups in total. The Labute approximate surface area is 175 Å². The molecule has 1 aromatic carbocycles. The SMILES string of the molecule is COc1c(/C=N/N=C2/NC(=O)C(CC(=O)O)S2)c(O)c(Br)c2oc(C)cc(=O)c12. The lowest BCUT2D eigenvalue weighted by Gasteiger charge is -2.12. The minimum absolute atomic E-state index is 0.0465. The van der Waals surface area contributed by atoms with E-state index < -0.39 is 17.1 Å². The van der Waals surface area contributed by atoms with E-state index in [4.69, 9.17) is 14.3 Å². The lowest BCUT2D eigenvalue weighted by molar-refractivity contribution is -0.138. The number of amidine groups is 1. The third-order valence-corrected chi connectivity index (χ3v) is 5.69. The third-order valence-electron chi connectivity index (χ3n) is 3.88. The number of fused-ring (bicyclic) bond motifs is 1. The van der Waals surface area contributed by atoms with Crippen molar-refractivity contribution in [2.45, 2.75) is 18.6 Å². The number of aryl methyl sites for hydroxylation is 1. The molecule has 0 radical (unpaired) electrons. The van der Waals surface area contributed by atoms with Crippen LogP contribution in [0.1, 0.15) is 17.7 Å². The van der Waals surface area contributed by atoms with Crippen molar-refractivity contribution in [2.24, 2.45) is 10.2 Å². The minimum atomic E-state index is -1.10. The van der Waals surface area contributed by atoms with Crippen molar-refractivity contribution >= 4 is 61.9 Å². The van der Waals surface area contributed by atoms with Crippen LogP contribution < -0.4 is 15.5 Å². The number of hydrogen-bond acceptors (Lipinski definition) is 9. The summed E-state index contributed by atoms with van der Waals surface area (Å²) < 4.78 is 11.0. The molecule has 3 rings (SSSR count). The van der Waals surface area contributed by atoms with Gasteiger partial charge in [0.05, 0.1) is 25.3 Å². The number of amides is 1. The van der Waals surface area contributed by atoms with Crippen molar-refractivity contribution in [3.05, 3.63) is 32.1 Å². The molecule has 0 bridgehead atoms. The van der Waals surface area contributed by atoms with E-state index in [0.717, 1.165) is 18.0 Å². The van der Waals surface area contributed by atoms with Gasteiger partial charge >= 0.3 is 5.97 Å². The molecule has 0 spiro atoms. The van der Waals surface area contributed by atoms with Gasteiger partial charge in [-0.2, -0.15) is 5.10 Å². The highest BCUT2D eigenvalue weighted by atomic mass is 79.9. The molecule has 1 saturated heterocycles. The summed E-state index contributed by atoms with van der Waals surface area (Å²) in [6.45, 7) is 1.60. The molecule has 0 saturated carbocycles. The van der Waals surface area contributed by atoms with Gasteiger partial charge in [0.15, 0.2) is 16.2 Å². The topological polar surface area (TPSA) is 151 Å². The number of nitrogens with zero attached hydrogens (tertiary/aromatic N) is 2. The lowest BCUT2D eigenvalue weighted by atomic mass is 10.1. The first kappa shape index (κ1) is 20.9. The first-order chi connectivity index (χ1) is 13.7. The Morgan fingerprint density at radius 2 is 2.21 bits per heavy atom. The highest BCUT2D eigenvalue weighted by Crippen LogP contribution is 2.41. The Kier molecular flexibility index (Phi) is 5.94. The van der Waals surface area contributed by atoms with E-state index >= 15 is 0 Å². The normalized spacial score (nSPS) is 18.0. The summed E-state index contributed by atoms with van der Waals surface area (Å²) >= 11 is 4.14. The van der Waals surface area contributed by atoms with Crippen LogP contribution in [0.15, 0.2) is 30.0 Å². The molecule has 1 aliphatic rings. The van der Waals surface area contributed by atoms with Crippen LogP contribution in [0.4, 0.5) is 0 Å². The van der Waals surface area contributed by atoms with E-state index in [1.54, 1.807) is 6.92 Å². The van der Waals surface area contributed by atoms with E-state index in [1.807, 2.05) is 0 Å². The van der Waals surface area contributed by atoms with Crippen LogP contribution in [0.25, 0.3) is 11.0 Å². The zero-order valence-corrected chi connectivity index (χ0v) is 17.5. The Morgan fingerprint density at radius 3 is 2.86 bits per heavy atom. The predicted octanol–water partition coefficient (Wildman–Crippen LogP) is 1.97. The van der Waals surface area contributed by atoms with Gasteiger partial charge in [0, 0.05) is 6.07 Å². The number of hydrogen-bond donors (Lipinski definition) is 3. The zero-order valence-electron chi connectivity index (χ0n) is 15.1. The number of aromatic hydroxyl groups is 1. The molecule has 10 nitrogen and oxygen atoms in total. The zero-order chi connectivity index (χ0) is 21.3. The average molecular weight is 484 g/mol. The quantitative estimate of drug-likeness (QED) is 0.431. The molecule has 1 aromatic heterocycles. The van der Waals surface area contributed by atoms with E-state index in [2.05, 4.69) is 31.4 Å². The third kappa shape index (κ3) is 4.12. The number of carboxylic acid groups (broad SMARTS) is 1. The number of ether oxygens (including phenoxy) is 1. The molecule has 1 amide bonds. The number of carbonyl (C=O) groups is 2. The van der Waals surface area contributed by atoms with Crippen LogP contribution in [0.2, 0.25) is 0 Å². The van der Waals surface area contributed by atoms with Gasteiger partial charge in [0.1, 0.15) is 32.4 Å². The number of methoxy groups -OCH3 is 1.